The SMILES string of the molecule is COC(=O)c1cc(N(C)CCO)cc(C)c1[N+](=O)[O-]. The fourth-order valence-corrected chi connectivity index (χ4v) is 1.77. The molecule has 0 unspecified atom stereocenters. The van der Waals surface area contributed by atoms with Gasteiger partial charge in [-0.3, -0.25) is 10.1 Å². The van der Waals surface area contributed by atoms with Gasteiger partial charge in [0.1, 0.15) is 5.56 Å². The first-order chi connectivity index (χ1) is 8.92. The van der Waals surface area contributed by atoms with Gasteiger partial charge in [-0.05, 0) is 19.1 Å². The monoisotopic (exact) mass is 268 g/mol. The fourth-order valence-electron chi connectivity index (χ4n) is 1.77. The van der Waals surface area contributed by atoms with Crippen molar-refractivity contribution in [2.75, 3.05) is 32.2 Å². The fraction of sp³-hybridized carbons (Fsp3) is 0.417. The zero-order valence-electron chi connectivity index (χ0n) is 11.0. The van der Waals surface area contributed by atoms with Gasteiger partial charge >= 0.3 is 5.97 Å². The maximum Gasteiger partial charge on any atom is 0.344 e. The molecule has 0 saturated heterocycles. The van der Waals surface area contributed by atoms with Gasteiger partial charge in [0.2, 0.25) is 0 Å². The highest BCUT2D eigenvalue weighted by Gasteiger charge is 2.25. The highest BCUT2D eigenvalue weighted by Crippen LogP contribution is 2.29. The second-order valence-electron chi connectivity index (χ2n) is 4.05. The maximum atomic E-state index is 11.6. The van der Waals surface area contributed by atoms with Crippen molar-refractivity contribution < 1.29 is 19.6 Å². The second kappa shape index (κ2) is 6.14. The van der Waals surface area contributed by atoms with Crippen molar-refractivity contribution in [1.82, 2.24) is 0 Å². The highest BCUT2D eigenvalue weighted by atomic mass is 16.6. The van der Waals surface area contributed by atoms with Gasteiger partial charge in [-0.2, -0.15) is 0 Å². The van der Waals surface area contributed by atoms with E-state index in [9.17, 15) is 14.9 Å². The number of aliphatic hydroxyl groups is 1. The Morgan fingerprint density at radius 1 is 1.53 bits per heavy atom. The van der Waals surface area contributed by atoms with E-state index < -0.39 is 10.9 Å². The van der Waals surface area contributed by atoms with E-state index >= 15 is 0 Å². The van der Waals surface area contributed by atoms with Crippen LogP contribution in [0.15, 0.2) is 12.1 Å². The molecule has 1 aromatic rings. The molecular formula is C12H16N2O5. The van der Waals surface area contributed by atoms with Crippen LogP contribution in [0.4, 0.5) is 11.4 Å². The molecule has 1 aromatic carbocycles. The Hall–Kier alpha value is -2.15. The summed E-state index contributed by atoms with van der Waals surface area (Å²) in [6, 6.07) is 2.99. The summed E-state index contributed by atoms with van der Waals surface area (Å²) in [6.07, 6.45) is 0. The first kappa shape index (κ1) is 14.9. The molecule has 7 nitrogen and oxygen atoms in total. The number of nitrogens with zero attached hydrogens (tertiary/aromatic N) is 2. The van der Waals surface area contributed by atoms with E-state index in [0.717, 1.165) is 0 Å². The van der Waals surface area contributed by atoms with Crippen LogP contribution in [0.1, 0.15) is 15.9 Å². The third-order valence-electron chi connectivity index (χ3n) is 2.75. The van der Waals surface area contributed by atoms with E-state index in [1.807, 2.05) is 0 Å². The average Bonchev–Trinajstić information content (AvgIpc) is 2.36. The van der Waals surface area contributed by atoms with Crippen molar-refractivity contribution in [3.63, 3.8) is 0 Å². The van der Waals surface area contributed by atoms with Crippen molar-refractivity contribution in [3.8, 4) is 0 Å². The van der Waals surface area contributed by atoms with Crippen LogP contribution in [-0.2, 0) is 4.74 Å². The summed E-state index contributed by atoms with van der Waals surface area (Å²) in [4.78, 5) is 23.7. The van der Waals surface area contributed by atoms with Crippen molar-refractivity contribution >= 4 is 17.3 Å². The third-order valence-corrected chi connectivity index (χ3v) is 2.75. The normalized spacial score (nSPS) is 10.1. The van der Waals surface area contributed by atoms with Crippen molar-refractivity contribution in [3.05, 3.63) is 33.4 Å². The largest absolute Gasteiger partial charge is 0.465 e. The summed E-state index contributed by atoms with van der Waals surface area (Å²) in [6.45, 7) is 1.86. The molecule has 0 saturated carbocycles. The molecule has 0 aliphatic heterocycles. The number of rotatable bonds is 5. The van der Waals surface area contributed by atoms with E-state index in [1.54, 1.807) is 24.9 Å². The smallest absolute Gasteiger partial charge is 0.344 e. The molecule has 0 bridgehead atoms. The number of likely N-dealkylation sites (N-methyl/N-ethyl adjacent to an activating group) is 1. The van der Waals surface area contributed by atoms with Gasteiger partial charge in [-0.25, -0.2) is 4.79 Å². The predicted octanol–water partition coefficient (Wildman–Crippen LogP) is 1.12. The lowest BCUT2D eigenvalue weighted by Crippen LogP contribution is -2.22. The lowest BCUT2D eigenvalue weighted by atomic mass is 10.1. The number of esters is 1. The zero-order valence-corrected chi connectivity index (χ0v) is 11.0. The van der Waals surface area contributed by atoms with Crippen LogP contribution in [-0.4, -0.2) is 43.3 Å². The van der Waals surface area contributed by atoms with Crippen LogP contribution in [0, 0.1) is 17.0 Å². The molecule has 0 aromatic heterocycles. The summed E-state index contributed by atoms with van der Waals surface area (Å²) in [5.41, 5.74) is 0.630. The minimum atomic E-state index is -0.756. The van der Waals surface area contributed by atoms with Gasteiger partial charge in [0, 0.05) is 24.8 Å². The standard InChI is InChI=1S/C12H16N2O5/c1-8-6-9(13(2)4-5-15)7-10(12(16)19-3)11(8)14(17)18/h6-7,15H,4-5H2,1-3H3. The molecule has 7 heteroatoms. The quantitative estimate of drug-likeness (QED) is 0.488. The highest BCUT2D eigenvalue weighted by molar-refractivity contribution is 5.95. The number of ether oxygens (including phenoxy) is 1. The summed E-state index contributed by atoms with van der Waals surface area (Å²) in [5, 5.41) is 19.9. The van der Waals surface area contributed by atoms with Crippen LogP contribution in [0.5, 0.6) is 0 Å². The Kier molecular flexibility index (Phi) is 4.82. The summed E-state index contributed by atoms with van der Waals surface area (Å²) in [7, 11) is 2.89. The van der Waals surface area contributed by atoms with Crippen LogP contribution < -0.4 is 4.90 Å². The molecule has 104 valence electrons. The van der Waals surface area contributed by atoms with Crippen LogP contribution in [0.3, 0.4) is 0 Å². The van der Waals surface area contributed by atoms with E-state index in [4.69, 9.17) is 5.11 Å². The van der Waals surface area contributed by atoms with Gasteiger partial charge in [0.25, 0.3) is 5.69 Å². The Morgan fingerprint density at radius 3 is 2.63 bits per heavy atom. The molecule has 19 heavy (non-hydrogen) atoms. The minimum Gasteiger partial charge on any atom is -0.465 e. The lowest BCUT2D eigenvalue weighted by Gasteiger charge is -2.19. The van der Waals surface area contributed by atoms with Gasteiger partial charge in [-0.15, -0.1) is 0 Å². The number of carbonyl (C=O) groups is 1. The summed E-state index contributed by atoms with van der Waals surface area (Å²) < 4.78 is 4.57. The Morgan fingerprint density at radius 2 is 2.16 bits per heavy atom. The maximum absolute atomic E-state index is 11.6. The topological polar surface area (TPSA) is 92.9 Å². The second-order valence-corrected chi connectivity index (χ2v) is 4.05. The third kappa shape index (κ3) is 3.19. The number of hydrogen-bond acceptors (Lipinski definition) is 6. The van der Waals surface area contributed by atoms with Crippen LogP contribution >= 0.6 is 0 Å². The van der Waals surface area contributed by atoms with Gasteiger partial charge in [0.05, 0.1) is 18.6 Å². The number of benzene rings is 1. The molecule has 0 radical (unpaired) electrons. The average molecular weight is 268 g/mol. The van der Waals surface area contributed by atoms with Gasteiger partial charge < -0.3 is 14.7 Å². The molecule has 1 N–H and O–H groups in total. The summed E-state index contributed by atoms with van der Waals surface area (Å²) >= 11 is 0. The van der Waals surface area contributed by atoms with E-state index in [1.165, 1.54) is 13.2 Å². The Labute approximate surface area is 110 Å². The number of aryl methyl sites for hydroxylation is 1. The molecule has 0 fully saturated rings. The number of carbonyl (C=O) groups excluding carboxylic acids is 1. The number of nitro groups is 1. The number of hydrogen-bond donors (Lipinski definition) is 1. The van der Waals surface area contributed by atoms with Crippen molar-refractivity contribution in [2.45, 2.75) is 6.92 Å². The molecule has 0 aliphatic rings. The lowest BCUT2D eigenvalue weighted by molar-refractivity contribution is -0.385. The molecular weight excluding hydrogens is 252 g/mol. The van der Waals surface area contributed by atoms with E-state index in [-0.39, 0.29) is 17.9 Å². The Balaban J connectivity index is 3.38. The van der Waals surface area contributed by atoms with Crippen LogP contribution in [0.2, 0.25) is 0 Å². The number of aliphatic hydroxyl groups excluding tert-OH is 1. The van der Waals surface area contributed by atoms with Gasteiger partial charge in [0.15, 0.2) is 0 Å². The molecule has 0 spiro atoms. The molecule has 0 aliphatic carbocycles. The molecule has 1 rings (SSSR count). The van der Waals surface area contributed by atoms with E-state index in [0.29, 0.717) is 17.8 Å². The molecule has 0 heterocycles. The zero-order chi connectivity index (χ0) is 14.6. The number of nitro benzene ring substituents is 1. The Bertz CT molecular complexity index is 501. The number of methoxy groups -OCH3 is 1. The first-order valence-corrected chi connectivity index (χ1v) is 5.61. The van der Waals surface area contributed by atoms with E-state index in [2.05, 4.69) is 4.74 Å². The minimum absolute atomic E-state index is 0.0555. The molecule has 0 amide bonds. The number of anilines is 1. The van der Waals surface area contributed by atoms with Crippen LogP contribution in [0.25, 0.3) is 0 Å². The molecule has 0 atom stereocenters. The van der Waals surface area contributed by atoms with Crippen molar-refractivity contribution in [2.24, 2.45) is 0 Å². The van der Waals surface area contributed by atoms with Gasteiger partial charge in [-0.1, -0.05) is 0 Å². The first-order valence-electron chi connectivity index (χ1n) is 5.61. The predicted molar refractivity (Wildman–Crippen MR) is 69.5 cm³/mol. The van der Waals surface area contributed by atoms with Crippen molar-refractivity contribution in [1.29, 1.82) is 0 Å². The summed E-state index contributed by atoms with van der Waals surface area (Å²) in [5.74, 6) is -0.756.